The molecule has 1 aliphatic heterocycles. The monoisotopic (exact) mass is 357 g/mol. The predicted molar refractivity (Wildman–Crippen MR) is 99.2 cm³/mol. The molecule has 3 rings (SSSR count). The van der Waals surface area contributed by atoms with Crippen molar-refractivity contribution in [3.63, 3.8) is 0 Å². The van der Waals surface area contributed by atoms with E-state index in [0.717, 1.165) is 23.6 Å². The van der Waals surface area contributed by atoms with Gasteiger partial charge in [0.1, 0.15) is 23.8 Å². The van der Waals surface area contributed by atoms with E-state index in [4.69, 9.17) is 9.47 Å². The number of ether oxygens (including phenoxy) is 2. The van der Waals surface area contributed by atoms with Crippen molar-refractivity contribution in [1.82, 2.24) is 14.5 Å². The van der Waals surface area contributed by atoms with Crippen molar-refractivity contribution < 1.29 is 14.3 Å². The summed E-state index contributed by atoms with van der Waals surface area (Å²) in [6, 6.07) is 7.97. The molecule has 1 atom stereocenters. The summed E-state index contributed by atoms with van der Waals surface area (Å²) in [5.74, 6) is 1.91. The topological polar surface area (TPSA) is 56.6 Å². The fraction of sp³-hybridized carbons (Fsp3) is 0.500. The average Bonchev–Trinajstić information content (AvgIpc) is 3.25. The third kappa shape index (κ3) is 4.25. The van der Waals surface area contributed by atoms with Gasteiger partial charge in [-0.1, -0.05) is 12.1 Å². The quantitative estimate of drug-likeness (QED) is 0.764. The third-order valence-electron chi connectivity index (χ3n) is 5.08. The van der Waals surface area contributed by atoms with Gasteiger partial charge >= 0.3 is 0 Å². The number of carbonyl (C=O) groups is 1. The fourth-order valence-corrected chi connectivity index (χ4v) is 3.34. The van der Waals surface area contributed by atoms with Gasteiger partial charge in [0.15, 0.2) is 0 Å². The molecule has 1 amide bonds. The lowest BCUT2D eigenvalue weighted by molar-refractivity contribution is -0.132. The van der Waals surface area contributed by atoms with E-state index in [1.807, 2.05) is 53.8 Å². The number of amides is 1. The normalized spacial score (nSPS) is 19.7. The van der Waals surface area contributed by atoms with Gasteiger partial charge in [-0.2, -0.15) is 0 Å². The molecule has 1 saturated heterocycles. The maximum absolute atomic E-state index is 12.6. The maximum Gasteiger partial charge on any atom is 0.224 e. The van der Waals surface area contributed by atoms with Crippen LogP contribution in [0.4, 0.5) is 0 Å². The number of methoxy groups -OCH3 is 1. The van der Waals surface area contributed by atoms with Gasteiger partial charge in [0, 0.05) is 39.0 Å². The van der Waals surface area contributed by atoms with Crippen LogP contribution in [0.3, 0.4) is 0 Å². The van der Waals surface area contributed by atoms with Crippen molar-refractivity contribution in [2.45, 2.75) is 38.8 Å². The predicted octanol–water partition coefficient (Wildman–Crippen LogP) is 2.59. The number of carbonyl (C=O) groups excluding carboxylic acids is 1. The number of imidazole rings is 1. The molecule has 1 aromatic heterocycles. The largest absolute Gasteiger partial charge is 0.491 e. The first-order chi connectivity index (χ1) is 12.5. The first kappa shape index (κ1) is 18.5. The molecule has 0 bridgehead atoms. The highest BCUT2D eigenvalue weighted by atomic mass is 16.5. The highest BCUT2D eigenvalue weighted by Crippen LogP contribution is 2.27. The number of rotatable bonds is 7. The Morgan fingerprint density at radius 3 is 2.88 bits per heavy atom. The highest BCUT2D eigenvalue weighted by Gasteiger charge is 2.40. The van der Waals surface area contributed by atoms with Crippen LogP contribution in [0.1, 0.15) is 24.2 Å². The van der Waals surface area contributed by atoms with Crippen LogP contribution in [0.15, 0.2) is 36.7 Å². The summed E-state index contributed by atoms with van der Waals surface area (Å²) in [4.78, 5) is 18.6. The van der Waals surface area contributed by atoms with Gasteiger partial charge in [0.25, 0.3) is 0 Å². The number of hydrogen-bond donors (Lipinski definition) is 0. The number of benzene rings is 1. The Kier molecular flexibility index (Phi) is 5.61. The molecule has 0 radical (unpaired) electrons. The van der Waals surface area contributed by atoms with Crippen LogP contribution < -0.4 is 4.74 Å². The Labute approximate surface area is 154 Å². The fourth-order valence-electron chi connectivity index (χ4n) is 3.34. The molecule has 0 N–H and O–H groups in total. The summed E-state index contributed by atoms with van der Waals surface area (Å²) < 4.78 is 13.7. The van der Waals surface area contributed by atoms with E-state index in [0.29, 0.717) is 32.7 Å². The smallest absolute Gasteiger partial charge is 0.224 e. The van der Waals surface area contributed by atoms with Crippen LogP contribution in [0, 0.1) is 13.8 Å². The summed E-state index contributed by atoms with van der Waals surface area (Å²) >= 11 is 0. The molecule has 0 saturated carbocycles. The number of aryl methyl sites for hydroxylation is 3. The summed E-state index contributed by atoms with van der Waals surface area (Å²) in [6.45, 7) is 6.35. The van der Waals surface area contributed by atoms with Crippen molar-refractivity contribution in [3.8, 4) is 5.75 Å². The lowest BCUT2D eigenvalue weighted by atomic mass is 10.0. The van der Waals surface area contributed by atoms with Crippen molar-refractivity contribution in [2.24, 2.45) is 0 Å². The van der Waals surface area contributed by atoms with Crippen molar-refractivity contribution in [2.75, 3.05) is 26.8 Å². The minimum atomic E-state index is -0.440. The molecule has 6 heteroatoms. The average molecular weight is 357 g/mol. The van der Waals surface area contributed by atoms with Gasteiger partial charge in [0.2, 0.25) is 5.91 Å². The summed E-state index contributed by atoms with van der Waals surface area (Å²) in [7, 11) is 1.70. The van der Waals surface area contributed by atoms with E-state index in [9.17, 15) is 4.79 Å². The van der Waals surface area contributed by atoms with E-state index in [1.165, 1.54) is 0 Å². The van der Waals surface area contributed by atoms with Crippen LogP contribution in [0.5, 0.6) is 5.75 Å². The third-order valence-corrected chi connectivity index (χ3v) is 5.08. The number of nitrogens with zero attached hydrogens (tertiary/aromatic N) is 3. The highest BCUT2D eigenvalue weighted by molar-refractivity contribution is 5.76. The minimum Gasteiger partial charge on any atom is -0.491 e. The first-order valence-electron chi connectivity index (χ1n) is 9.01. The van der Waals surface area contributed by atoms with Crippen LogP contribution >= 0.6 is 0 Å². The zero-order valence-corrected chi connectivity index (χ0v) is 15.8. The van der Waals surface area contributed by atoms with E-state index in [2.05, 4.69) is 4.98 Å². The van der Waals surface area contributed by atoms with Gasteiger partial charge < -0.3 is 18.9 Å². The molecule has 1 unspecified atom stereocenters. The number of aromatic nitrogens is 2. The van der Waals surface area contributed by atoms with Crippen molar-refractivity contribution >= 4 is 5.91 Å². The lowest BCUT2D eigenvalue weighted by Crippen LogP contribution is -2.42. The second-order valence-electron chi connectivity index (χ2n) is 6.98. The summed E-state index contributed by atoms with van der Waals surface area (Å²) in [5.41, 5.74) is 0.719. The van der Waals surface area contributed by atoms with Crippen LogP contribution in [-0.2, 0) is 16.1 Å². The van der Waals surface area contributed by atoms with Crippen LogP contribution in [0.25, 0.3) is 0 Å². The van der Waals surface area contributed by atoms with Crippen molar-refractivity contribution in [3.05, 3.63) is 48.0 Å². The molecule has 2 aromatic rings. The molecule has 26 heavy (non-hydrogen) atoms. The van der Waals surface area contributed by atoms with E-state index in [1.54, 1.807) is 13.3 Å². The molecule has 1 aromatic carbocycles. The Morgan fingerprint density at radius 1 is 1.35 bits per heavy atom. The maximum atomic E-state index is 12.6. The number of likely N-dealkylation sites (tertiary alicyclic amines) is 1. The second kappa shape index (κ2) is 7.91. The molecular weight excluding hydrogens is 330 g/mol. The van der Waals surface area contributed by atoms with Gasteiger partial charge in [-0.3, -0.25) is 4.79 Å². The zero-order chi connectivity index (χ0) is 18.6. The molecule has 0 aliphatic carbocycles. The van der Waals surface area contributed by atoms with Gasteiger partial charge in [0.05, 0.1) is 6.54 Å². The summed E-state index contributed by atoms with van der Waals surface area (Å²) in [6.07, 6.45) is 4.91. The Hall–Kier alpha value is -2.34. The van der Waals surface area contributed by atoms with E-state index < -0.39 is 5.60 Å². The lowest BCUT2D eigenvalue weighted by Gasteiger charge is -2.28. The molecule has 140 valence electrons. The molecule has 6 nitrogen and oxygen atoms in total. The first-order valence-corrected chi connectivity index (χ1v) is 9.01. The van der Waals surface area contributed by atoms with E-state index >= 15 is 0 Å². The Morgan fingerprint density at radius 2 is 2.19 bits per heavy atom. The van der Waals surface area contributed by atoms with Crippen LogP contribution in [0.2, 0.25) is 0 Å². The second-order valence-corrected chi connectivity index (χ2v) is 6.98. The van der Waals surface area contributed by atoms with E-state index in [-0.39, 0.29) is 5.91 Å². The summed E-state index contributed by atoms with van der Waals surface area (Å²) in [5, 5.41) is 0. The van der Waals surface area contributed by atoms with Gasteiger partial charge in [-0.25, -0.2) is 4.98 Å². The Balaban J connectivity index is 1.54. The molecule has 0 spiro atoms. The van der Waals surface area contributed by atoms with Gasteiger partial charge in [-0.05, 0) is 38.0 Å². The van der Waals surface area contributed by atoms with Crippen molar-refractivity contribution in [1.29, 1.82) is 0 Å². The zero-order valence-electron chi connectivity index (χ0n) is 15.8. The van der Waals surface area contributed by atoms with Crippen LogP contribution in [-0.4, -0.2) is 52.8 Å². The molecular formula is C20H27N3O3. The molecule has 2 heterocycles. The van der Waals surface area contributed by atoms with Gasteiger partial charge in [-0.15, -0.1) is 0 Å². The standard InChI is InChI=1S/C20H27N3O3/c1-16-5-4-6-18(13-16)26-15-20(25-3)8-11-23(14-20)19(24)7-10-22-12-9-21-17(22)2/h4-6,9,12-13H,7-8,10-11,14-15H2,1-3H3. The minimum absolute atomic E-state index is 0.146. The molecule has 1 fully saturated rings. The SMILES string of the molecule is COC1(COc2cccc(C)c2)CCN(C(=O)CCn2ccnc2C)C1. The Bertz CT molecular complexity index is 758. The number of hydrogen-bond acceptors (Lipinski definition) is 4. The molecule has 1 aliphatic rings.